The number of rotatable bonds is 6. The van der Waals surface area contributed by atoms with Crippen LogP contribution in [-0.4, -0.2) is 28.5 Å². The van der Waals surface area contributed by atoms with Crippen molar-refractivity contribution < 1.29 is 14.3 Å². The third kappa shape index (κ3) is 5.28. The van der Waals surface area contributed by atoms with Crippen LogP contribution in [0, 0.1) is 6.92 Å². The second kappa shape index (κ2) is 7.82. The molecule has 0 saturated heterocycles. The van der Waals surface area contributed by atoms with Crippen molar-refractivity contribution in [3.8, 4) is 0 Å². The summed E-state index contributed by atoms with van der Waals surface area (Å²) in [6.45, 7) is 2.19. The van der Waals surface area contributed by atoms with E-state index < -0.39 is 6.09 Å². The molecule has 1 aromatic heterocycles. The van der Waals surface area contributed by atoms with Gasteiger partial charge in [-0.05, 0) is 12.5 Å². The van der Waals surface area contributed by atoms with Crippen LogP contribution in [0.5, 0.6) is 0 Å². The summed E-state index contributed by atoms with van der Waals surface area (Å²) in [4.78, 5) is 30.0. The fourth-order valence-corrected chi connectivity index (χ4v) is 1.74. The molecule has 2 amide bonds. The minimum absolute atomic E-state index is 0.145. The van der Waals surface area contributed by atoms with Gasteiger partial charge in [0.25, 0.3) is 0 Å². The van der Waals surface area contributed by atoms with Gasteiger partial charge in [0.05, 0.1) is 0 Å². The summed E-state index contributed by atoms with van der Waals surface area (Å²) < 4.78 is 5.03. The average Bonchev–Trinajstić information content (AvgIpc) is 2.91. The third-order valence-corrected chi connectivity index (χ3v) is 2.81. The molecule has 116 valence electrons. The molecule has 1 heterocycles. The number of aromatic amines is 1. The minimum atomic E-state index is -0.549. The van der Waals surface area contributed by atoms with Crippen LogP contribution < -0.4 is 10.6 Å². The number of benzene rings is 1. The molecule has 7 nitrogen and oxygen atoms in total. The molecule has 1 aromatic carbocycles. The molecule has 0 spiro atoms. The lowest BCUT2D eigenvalue weighted by Crippen LogP contribution is -2.28. The van der Waals surface area contributed by atoms with E-state index in [-0.39, 0.29) is 25.5 Å². The highest BCUT2D eigenvalue weighted by molar-refractivity contribution is 5.90. The maximum Gasteiger partial charge on any atom is 0.407 e. The zero-order valence-electron chi connectivity index (χ0n) is 12.3. The molecule has 0 bridgehead atoms. The number of aryl methyl sites for hydroxylation is 1. The minimum Gasteiger partial charge on any atom is -0.445 e. The van der Waals surface area contributed by atoms with Gasteiger partial charge in [-0.15, -0.1) is 0 Å². The number of H-pyrrole nitrogens is 1. The van der Waals surface area contributed by atoms with Crippen molar-refractivity contribution in [1.29, 1.82) is 0 Å². The van der Waals surface area contributed by atoms with Gasteiger partial charge in [-0.25, -0.2) is 9.78 Å². The lowest BCUT2D eigenvalue weighted by molar-refractivity contribution is -0.116. The first-order valence-corrected chi connectivity index (χ1v) is 6.90. The highest BCUT2D eigenvalue weighted by Gasteiger charge is 2.07. The molecule has 0 radical (unpaired) electrons. The van der Waals surface area contributed by atoms with E-state index in [0.29, 0.717) is 5.82 Å². The molecule has 7 heteroatoms. The van der Waals surface area contributed by atoms with Crippen molar-refractivity contribution in [2.24, 2.45) is 0 Å². The average molecular weight is 302 g/mol. The molecule has 2 rings (SSSR count). The molecule has 22 heavy (non-hydrogen) atoms. The number of amides is 2. The number of imidazole rings is 1. The van der Waals surface area contributed by atoms with Crippen molar-refractivity contribution >= 4 is 17.8 Å². The molecule has 0 aliphatic heterocycles. The summed E-state index contributed by atoms with van der Waals surface area (Å²) in [6.07, 6.45) is 1.20. The van der Waals surface area contributed by atoms with Crippen molar-refractivity contribution in [3.63, 3.8) is 0 Å². The number of alkyl carbamates (subject to hydrolysis) is 1. The lowest BCUT2D eigenvalue weighted by atomic mass is 10.2. The number of aromatic nitrogens is 2. The topological polar surface area (TPSA) is 96.1 Å². The summed E-state index contributed by atoms with van der Waals surface area (Å²) in [5.74, 6) is 0.960. The summed E-state index contributed by atoms with van der Waals surface area (Å²) in [6, 6.07) is 9.37. The Hall–Kier alpha value is -2.83. The molecule has 0 aliphatic rings. The summed E-state index contributed by atoms with van der Waals surface area (Å²) in [7, 11) is 0. The Morgan fingerprint density at radius 3 is 2.73 bits per heavy atom. The first-order valence-electron chi connectivity index (χ1n) is 6.90. The van der Waals surface area contributed by atoms with Crippen molar-refractivity contribution in [3.05, 3.63) is 47.9 Å². The van der Waals surface area contributed by atoms with Crippen LogP contribution in [0.15, 0.2) is 36.5 Å². The van der Waals surface area contributed by atoms with Gasteiger partial charge < -0.3 is 20.4 Å². The van der Waals surface area contributed by atoms with Crippen LogP contribution in [-0.2, 0) is 16.1 Å². The Morgan fingerprint density at radius 2 is 2.05 bits per heavy atom. The van der Waals surface area contributed by atoms with Gasteiger partial charge in [0.15, 0.2) is 5.82 Å². The van der Waals surface area contributed by atoms with Gasteiger partial charge in [0.2, 0.25) is 5.91 Å². The molecule has 2 aromatic rings. The SMILES string of the molecule is Cc1nc(NC(=O)CCNC(=O)OCc2ccccc2)c[nH]1. The first-order chi connectivity index (χ1) is 10.6. The first kappa shape index (κ1) is 15.6. The normalized spacial score (nSPS) is 10.0. The summed E-state index contributed by atoms with van der Waals surface area (Å²) >= 11 is 0. The number of carbonyl (C=O) groups excluding carboxylic acids is 2. The van der Waals surface area contributed by atoms with Crippen molar-refractivity contribution in [1.82, 2.24) is 15.3 Å². The van der Waals surface area contributed by atoms with E-state index in [1.54, 1.807) is 13.1 Å². The van der Waals surface area contributed by atoms with E-state index in [1.165, 1.54) is 0 Å². The van der Waals surface area contributed by atoms with E-state index in [2.05, 4.69) is 20.6 Å². The number of carbonyl (C=O) groups is 2. The number of hydrogen-bond acceptors (Lipinski definition) is 4. The van der Waals surface area contributed by atoms with Gasteiger partial charge in [-0.3, -0.25) is 4.79 Å². The Labute approximate surface area is 128 Å². The maximum absolute atomic E-state index is 11.6. The Balaban J connectivity index is 1.61. The predicted octanol–water partition coefficient (Wildman–Crippen LogP) is 1.97. The molecule has 0 aliphatic carbocycles. The Kier molecular flexibility index (Phi) is 5.53. The number of hydrogen-bond donors (Lipinski definition) is 3. The van der Waals surface area contributed by atoms with E-state index in [9.17, 15) is 9.59 Å². The van der Waals surface area contributed by atoms with Gasteiger partial charge in [-0.1, -0.05) is 30.3 Å². The van der Waals surface area contributed by atoms with Gasteiger partial charge in [0.1, 0.15) is 12.4 Å². The lowest BCUT2D eigenvalue weighted by Gasteiger charge is -2.07. The molecule has 0 atom stereocenters. The van der Waals surface area contributed by atoms with E-state index in [4.69, 9.17) is 4.74 Å². The molecule has 3 N–H and O–H groups in total. The number of ether oxygens (including phenoxy) is 1. The van der Waals surface area contributed by atoms with E-state index >= 15 is 0 Å². The largest absolute Gasteiger partial charge is 0.445 e. The van der Waals surface area contributed by atoms with Crippen LogP contribution in [0.3, 0.4) is 0 Å². The highest BCUT2D eigenvalue weighted by Crippen LogP contribution is 2.02. The van der Waals surface area contributed by atoms with E-state index in [0.717, 1.165) is 11.4 Å². The second-order valence-corrected chi connectivity index (χ2v) is 4.66. The van der Waals surface area contributed by atoms with Crippen LogP contribution in [0.4, 0.5) is 10.6 Å². The maximum atomic E-state index is 11.6. The van der Waals surface area contributed by atoms with Gasteiger partial charge in [-0.2, -0.15) is 0 Å². The highest BCUT2D eigenvalue weighted by atomic mass is 16.5. The quantitative estimate of drug-likeness (QED) is 0.760. The van der Waals surface area contributed by atoms with E-state index in [1.807, 2.05) is 30.3 Å². The fraction of sp³-hybridized carbons (Fsp3) is 0.267. The molecule has 0 fully saturated rings. The van der Waals surface area contributed by atoms with Gasteiger partial charge in [0, 0.05) is 19.2 Å². The van der Waals surface area contributed by atoms with Crippen molar-refractivity contribution in [2.75, 3.05) is 11.9 Å². The Bertz CT molecular complexity index is 625. The second-order valence-electron chi connectivity index (χ2n) is 4.66. The zero-order valence-corrected chi connectivity index (χ0v) is 12.3. The monoisotopic (exact) mass is 302 g/mol. The smallest absolute Gasteiger partial charge is 0.407 e. The number of anilines is 1. The fourth-order valence-electron chi connectivity index (χ4n) is 1.74. The molecular formula is C15H18N4O3. The third-order valence-electron chi connectivity index (χ3n) is 2.81. The summed E-state index contributed by atoms with van der Waals surface area (Å²) in [5.41, 5.74) is 0.907. The summed E-state index contributed by atoms with van der Waals surface area (Å²) in [5, 5.41) is 5.15. The van der Waals surface area contributed by atoms with Crippen LogP contribution in [0.25, 0.3) is 0 Å². The molecule has 0 unspecified atom stereocenters. The van der Waals surface area contributed by atoms with Crippen LogP contribution in [0.1, 0.15) is 17.8 Å². The van der Waals surface area contributed by atoms with Gasteiger partial charge >= 0.3 is 6.09 Å². The number of nitrogens with one attached hydrogen (secondary N) is 3. The van der Waals surface area contributed by atoms with Crippen LogP contribution in [0.2, 0.25) is 0 Å². The van der Waals surface area contributed by atoms with Crippen LogP contribution >= 0.6 is 0 Å². The predicted molar refractivity (Wildman–Crippen MR) is 81.2 cm³/mol. The van der Waals surface area contributed by atoms with Crippen molar-refractivity contribution in [2.45, 2.75) is 20.0 Å². The molecular weight excluding hydrogens is 284 g/mol. The zero-order chi connectivity index (χ0) is 15.8. The Morgan fingerprint density at radius 1 is 1.27 bits per heavy atom. The number of nitrogens with zero attached hydrogens (tertiary/aromatic N) is 1. The molecule has 0 saturated carbocycles. The standard InChI is InChI=1S/C15H18N4O3/c1-11-17-9-13(18-11)19-14(20)7-8-16-15(21)22-10-12-5-3-2-4-6-12/h2-6,9H,7-8,10H2,1H3,(H,16,21)(H,17,18)(H,19,20).